The van der Waals surface area contributed by atoms with Gasteiger partial charge in [-0.05, 0) is 43.4 Å². The van der Waals surface area contributed by atoms with Crippen molar-refractivity contribution in [1.29, 1.82) is 0 Å². The largest absolute Gasteiger partial charge is 0.481 e. The molecule has 1 aromatic carbocycles. The molecule has 1 atom stereocenters. The van der Waals surface area contributed by atoms with Crippen LogP contribution in [0.2, 0.25) is 0 Å². The summed E-state index contributed by atoms with van der Waals surface area (Å²) in [6.07, 6.45) is 4.21. The average Bonchev–Trinajstić information content (AvgIpc) is 2.57. The lowest BCUT2D eigenvalue weighted by Crippen LogP contribution is -2.45. The van der Waals surface area contributed by atoms with E-state index >= 15 is 0 Å². The molecule has 5 nitrogen and oxygen atoms in total. The van der Waals surface area contributed by atoms with Gasteiger partial charge < -0.3 is 14.9 Å². The number of nitrogens with zero attached hydrogens (tertiary/aromatic N) is 1. The van der Waals surface area contributed by atoms with Gasteiger partial charge in [-0.25, -0.2) is 0 Å². The third kappa shape index (κ3) is 5.58. The number of aliphatic hydroxyl groups excluding tert-OH is 1. The Hall–Kier alpha value is -1.43. The van der Waals surface area contributed by atoms with Crippen LogP contribution in [0.4, 0.5) is 0 Å². The van der Waals surface area contributed by atoms with Crippen LogP contribution >= 0.6 is 0 Å². The summed E-state index contributed by atoms with van der Waals surface area (Å²) in [5.41, 5.74) is 2.00. The molecule has 1 aliphatic heterocycles. The zero-order chi connectivity index (χ0) is 17.4. The highest BCUT2D eigenvalue weighted by molar-refractivity contribution is 5.70. The lowest BCUT2D eigenvalue weighted by atomic mass is 9.77. The average molecular weight is 335 g/mol. The van der Waals surface area contributed by atoms with Crippen LogP contribution in [0.1, 0.15) is 36.8 Å². The Morgan fingerprint density at radius 3 is 2.62 bits per heavy atom. The second-order valence-corrected chi connectivity index (χ2v) is 6.96. The van der Waals surface area contributed by atoms with Crippen LogP contribution < -0.4 is 0 Å². The summed E-state index contributed by atoms with van der Waals surface area (Å²) in [6.45, 7) is 3.77. The van der Waals surface area contributed by atoms with Gasteiger partial charge in [0.15, 0.2) is 0 Å². The minimum atomic E-state index is -0.803. The highest BCUT2D eigenvalue weighted by atomic mass is 16.5. The second-order valence-electron chi connectivity index (χ2n) is 6.96. The number of benzene rings is 1. The van der Waals surface area contributed by atoms with E-state index in [1.165, 1.54) is 5.56 Å². The number of hydrogen-bond donors (Lipinski definition) is 2. The summed E-state index contributed by atoms with van der Waals surface area (Å²) < 4.78 is 5.15. The summed E-state index contributed by atoms with van der Waals surface area (Å²) in [5.74, 6) is -0.803. The van der Waals surface area contributed by atoms with Crippen LogP contribution in [0.5, 0.6) is 0 Å². The second kappa shape index (κ2) is 9.16. The lowest BCUT2D eigenvalue weighted by Gasteiger charge is -2.42. The molecule has 0 saturated carbocycles. The number of likely N-dealkylation sites (tertiary alicyclic amines) is 1. The van der Waals surface area contributed by atoms with Crippen LogP contribution in [0.15, 0.2) is 24.3 Å². The number of hydrogen-bond acceptors (Lipinski definition) is 4. The Kier molecular flexibility index (Phi) is 7.21. The first-order valence-electron chi connectivity index (χ1n) is 8.69. The van der Waals surface area contributed by atoms with Crippen molar-refractivity contribution in [3.63, 3.8) is 0 Å². The minimum absolute atomic E-state index is 0.0139. The van der Waals surface area contributed by atoms with Crippen LogP contribution in [0.25, 0.3) is 0 Å². The SMILES string of the molecule is COCCC[C@@]1(CO)CCCN(Cc2ccc(CC(=O)O)cc2)C1. The molecule has 5 heteroatoms. The molecule has 0 spiro atoms. The van der Waals surface area contributed by atoms with Crippen LogP contribution in [-0.2, 0) is 22.5 Å². The van der Waals surface area contributed by atoms with Crippen LogP contribution in [-0.4, -0.2) is 54.5 Å². The molecule has 0 bridgehead atoms. The number of carboxylic acid groups (broad SMARTS) is 1. The third-order valence-corrected chi connectivity index (χ3v) is 4.92. The predicted molar refractivity (Wildman–Crippen MR) is 92.9 cm³/mol. The summed E-state index contributed by atoms with van der Waals surface area (Å²) in [6, 6.07) is 7.81. The quantitative estimate of drug-likeness (QED) is 0.678. The van der Waals surface area contributed by atoms with Crippen molar-refractivity contribution in [2.75, 3.05) is 33.4 Å². The number of aliphatic carboxylic acids is 1. The van der Waals surface area contributed by atoms with Crippen molar-refractivity contribution >= 4 is 5.97 Å². The zero-order valence-electron chi connectivity index (χ0n) is 14.5. The van der Waals surface area contributed by atoms with Gasteiger partial charge in [-0.3, -0.25) is 9.69 Å². The summed E-state index contributed by atoms with van der Waals surface area (Å²) >= 11 is 0. The Bertz CT molecular complexity index is 517. The van der Waals surface area contributed by atoms with E-state index in [9.17, 15) is 9.90 Å². The monoisotopic (exact) mass is 335 g/mol. The van der Waals surface area contributed by atoms with Gasteiger partial charge in [0.2, 0.25) is 0 Å². The third-order valence-electron chi connectivity index (χ3n) is 4.92. The van der Waals surface area contributed by atoms with Crippen molar-refractivity contribution in [3.8, 4) is 0 Å². The molecule has 134 valence electrons. The first-order valence-corrected chi connectivity index (χ1v) is 8.69. The molecule has 0 radical (unpaired) electrons. The van der Waals surface area contributed by atoms with Gasteiger partial charge in [0.1, 0.15) is 0 Å². The molecule has 0 aromatic heterocycles. The van der Waals surface area contributed by atoms with Gasteiger partial charge in [-0.2, -0.15) is 0 Å². The molecular formula is C19H29NO4. The number of carboxylic acids is 1. The number of aliphatic hydroxyl groups is 1. The van der Waals surface area contributed by atoms with Crippen molar-refractivity contribution in [3.05, 3.63) is 35.4 Å². The van der Waals surface area contributed by atoms with E-state index in [0.717, 1.165) is 57.5 Å². The van der Waals surface area contributed by atoms with Crippen molar-refractivity contribution in [2.45, 2.75) is 38.6 Å². The molecule has 1 fully saturated rings. The summed E-state index contributed by atoms with van der Waals surface area (Å²) in [5, 5.41) is 18.8. The van der Waals surface area contributed by atoms with Crippen LogP contribution in [0.3, 0.4) is 0 Å². The van der Waals surface area contributed by atoms with E-state index in [1.54, 1.807) is 7.11 Å². The normalized spacial score (nSPS) is 21.8. The van der Waals surface area contributed by atoms with E-state index in [4.69, 9.17) is 9.84 Å². The molecule has 1 aromatic rings. The first kappa shape index (κ1) is 18.9. The molecule has 1 aliphatic rings. The maximum absolute atomic E-state index is 10.7. The lowest BCUT2D eigenvalue weighted by molar-refractivity contribution is -0.136. The highest BCUT2D eigenvalue weighted by Gasteiger charge is 2.34. The molecular weight excluding hydrogens is 306 g/mol. The van der Waals surface area contributed by atoms with E-state index in [2.05, 4.69) is 4.90 Å². The maximum Gasteiger partial charge on any atom is 0.307 e. The number of carbonyl (C=O) groups is 1. The van der Waals surface area contributed by atoms with Crippen molar-refractivity contribution < 1.29 is 19.7 Å². The van der Waals surface area contributed by atoms with Gasteiger partial charge in [-0.15, -0.1) is 0 Å². The predicted octanol–water partition coefficient (Wildman–Crippen LogP) is 2.31. The van der Waals surface area contributed by atoms with Gasteiger partial charge in [0.25, 0.3) is 0 Å². The molecule has 2 rings (SSSR count). The highest BCUT2D eigenvalue weighted by Crippen LogP contribution is 2.34. The molecule has 2 N–H and O–H groups in total. The fraction of sp³-hybridized carbons (Fsp3) is 0.632. The van der Waals surface area contributed by atoms with Gasteiger partial charge >= 0.3 is 5.97 Å². The first-order chi connectivity index (χ1) is 11.6. The maximum atomic E-state index is 10.7. The van der Waals surface area contributed by atoms with Gasteiger partial charge in [0.05, 0.1) is 6.42 Å². The molecule has 1 saturated heterocycles. The summed E-state index contributed by atoms with van der Waals surface area (Å²) in [4.78, 5) is 13.1. The molecule has 0 unspecified atom stereocenters. The van der Waals surface area contributed by atoms with Gasteiger partial charge in [-0.1, -0.05) is 24.3 Å². The van der Waals surface area contributed by atoms with Crippen LogP contribution in [0, 0.1) is 5.41 Å². The molecule has 1 heterocycles. The van der Waals surface area contributed by atoms with E-state index in [0.29, 0.717) is 0 Å². The fourth-order valence-corrected chi connectivity index (χ4v) is 3.64. The zero-order valence-corrected chi connectivity index (χ0v) is 14.5. The van der Waals surface area contributed by atoms with Crippen molar-refractivity contribution in [1.82, 2.24) is 4.90 Å². The number of ether oxygens (including phenoxy) is 1. The Balaban J connectivity index is 1.92. The molecule has 24 heavy (non-hydrogen) atoms. The van der Waals surface area contributed by atoms with Crippen molar-refractivity contribution in [2.24, 2.45) is 5.41 Å². The molecule has 0 aliphatic carbocycles. The summed E-state index contributed by atoms with van der Waals surface area (Å²) in [7, 11) is 1.72. The van der Waals surface area contributed by atoms with E-state index in [1.807, 2.05) is 24.3 Å². The number of methoxy groups -OCH3 is 1. The Labute approximate surface area is 144 Å². The standard InChI is InChI=1S/C19H29NO4/c1-24-11-3-9-19(15-21)8-2-10-20(14-19)13-17-6-4-16(5-7-17)12-18(22)23/h4-7,21H,2-3,8-15H2,1H3,(H,22,23)/t19-/m0/s1. The molecule has 0 amide bonds. The fourth-order valence-electron chi connectivity index (χ4n) is 3.64. The minimum Gasteiger partial charge on any atom is -0.481 e. The number of rotatable bonds is 9. The Morgan fingerprint density at radius 2 is 2.00 bits per heavy atom. The number of piperidine rings is 1. The van der Waals surface area contributed by atoms with E-state index < -0.39 is 5.97 Å². The topological polar surface area (TPSA) is 70.0 Å². The van der Waals surface area contributed by atoms with Gasteiger partial charge in [0, 0.05) is 38.8 Å². The Morgan fingerprint density at radius 1 is 1.29 bits per heavy atom. The van der Waals surface area contributed by atoms with E-state index in [-0.39, 0.29) is 18.4 Å². The smallest absolute Gasteiger partial charge is 0.307 e.